The van der Waals surface area contributed by atoms with E-state index in [4.69, 9.17) is 0 Å². The molecule has 2 aromatic heterocycles. The van der Waals surface area contributed by atoms with Crippen LogP contribution in [0.25, 0.3) is 0 Å². The molecule has 9 nitrogen and oxygen atoms in total. The van der Waals surface area contributed by atoms with Gasteiger partial charge >= 0.3 is 0 Å². The molecule has 0 radical (unpaired) electrons. The lowest BCUT2D eigenvalue weighted by Gasteiger charge is -2.39. The van der Waals surface area contributed by atoms with Gasteiger partial charge < -0.3 is 20.9 Å². The Morgan fingerprint density at radius 2 is 1.91 bits per heavy atom. The van der Waals surface area contributed by atoms with Gasteiger partial charge in [-0.05, 0) is 37.5 Å². The van der Waals surface area contributed by atoms with E-state index in [-0.39, 0.29) is 23.7 Å². The third kappa shape index (κ3) is 5.16. The van der Waals surface area contributed by atoms with Gasteiger partial charge in [0, 0.05) is 37.6 Å². The zero-order chi connectivity index (χ0) is 22.8. The van der Waals surface area contributed by atoms with Gasteiger partial charge in [-0.25, -0.2) is 9.37 Å². The van der Waals surface area contributed by atoms with Crippen molar-refractivity contribution in [2.75, 3.05) is 28.6 Å². The standard InChI is InChI=1S/C23H25FN8O/c1-14(15-2-4-17(24)5-3-15)27-23-30-19(29-20-11-25-8-9-26-20)10-21(31-23)32-12-16(13-32)22(33)28-18-6-7-18/h2-5,8-11,14,16,18H,6-7,12-13H2,1H3,(H,28,33)(H2,26,27,29,30,31)/t14-/m0/s1. The van der Waals surface area contributed by atoms with Gasteiger partial charge in [0.25, 0.3) is 0 Å². The van der Waals surface area contributed by atoms with Crippen LogP contribution in [0.1, 0.15) is 31.4 Å². The minimum atomic E-state index is -0.280. The van der Waals surface area contributed by atoms with Gasteiger partial charge in [-0.15, -0.1) is 0 Å². The lowest BCUT2D eigenvalue weighted by molar-refractivity contribution is -0.125. The summed E-state index contributed by atoms with van der Waals surface area (Å²) >= 11 is 0. The number of carbonyl (C=O) groups is 1. The summed E-state index contributed by atoms with van der Waals surface area (Å²) in [6, 6.07) is 8.37. The number of nitrogens with one attached hydrogen (secondary N) is 3. The van der Waals surface area contributed by atoms with Crippen LogP contribution >= 0.6 is 0 Å². The molecule has 33 heavy (non-hydrogen) atoms. The zero-order valence-electron chi connectivity index (χ0n) is 18.2. The first-order chi connectivity index (χ1) is 16.0. The van der Waals surface area contributed by atoms with Crippen molar-refractivity contribution >= 4 is 29.3 Å². The second-order valence-corrected chi connectivity index (χ2v) is 8.45. The molecule has 1 aliphatic carbocycles. The van der Waals surface area contributed by atoms with Crippen molar-refractivity contribution in [1.29, 1.82) is 0 Å². The summed E-state index contributed by atoms with van der Waals surface area (Å²) in [5.74, 6) is 2.04. The normalized spacial score (nSPS) is 16.6. The first-order valence-electron chi connectivity index (χ1n) is 11.0. The van der Waals surface area contributed by atoms with E-state index >= 15 is 0 Å². The van der Waals surface area contributed by atoms with Gasteiger partial charge in [-0.1, -0.05) is 12.1 Å². The van der Waals surface area contributed by atoms with Gasteiger partial charge in [-0.2, -0.15) is 9.97 Å². The van der Waals surface area contributed by atoms with Crippen molar-refractivity contribution in [3.63, 3.8) is 0 Å². The molecular formula is C23H25FN8O. The predicted octanol–water partition coefficient (Wildman–Crippen LogP) is 3.04. The van der Waals surface area contributed by atoms with Gasteiger partial charge in [0.2, 0.25) is 11.9 Å². The Morgan fingerprint density at radius 3 is 2.61 bits per heavy atom. The van der Waals surface area contributed by atoms with Gasteiger partial charge in [0.15, 0.2) is 0 Å². The number of amides is 1. The van der Waals surface area contributed by atoms with Crippen LogP contribution in [0.2, 0.25) is 0 Å². The SMILES string of the molecule is C[C@H](Nc1nc(Nc2cnccn2)cc(N2CC(C(=O)NC3CC3)C2)n1)c1ccc(F)cc1. The molecule has 0 unspecified atom stereocenters. The average molecular weight is 449 g/mol. The molecule has 2 fully saturated rings. The summed E-state index contributed by atoms with van der Waals surface area (Å²) < 4.78 is 13.3. The molecule has 1 saturated carbocycles. The summed E-state index contributed by atoms with van der Waals surface area (Å²) in [7, 11) is 0. The molecule has 3 N–H and O–H groups in total. The maximum Gasteiger partial charge on any atom is 0.227 e. The number of hydrogen-bond acceptors (Lipinski definition) is 8. The molecule has 5 rings (SSSR count). The van der Waals surface area contributed by atoms with Crippen molar-refractivity contribution in [2.45, 2.75) is 31.8 Å². The van der Waals surface area contributed by atoms with Gasteiger partial charge in [-0.3, -0.25) is 9.78 Å². The number of anilines is 4. The average Bonchev–Trinajstić information content (AvgIpc) is 3.58. The molecule has 1 atom stereocenters. The maximum absolute atomic E-state index is 13.3. The Morgan fingerprint density at radius 1 is 1.12 bits per heavy atom. The molecule has 0 bridgehead atoms. The summed E-state index contributed by atoms with van der Waals surface area (Å²) in [6.45, 7) is 3.17. The van der Waals surface area contributed by atoms with Gasteiger partial charge in [0.05, 0.1) is 18.2 Å². The Labute approximate surface area is 190 Å². The predicted molar refractivity (Wildman–Crippen MR) is 123 cm³/mol. The molecule has 10 heteroatoms. The Hall–Kier alpha value is -3.82. The highest BCUT2D eigenvalue weighted by atomic mass is 19.1. The van der Waals surface area contributed by atoms with Crippen molar-refractivity contribution in [2.24, 2.45) is 5.92 Å². The molecule has 1 aromatic carbocycles. The van der Waals surface area contributed by atoms with E-state index in [1.807, 2.05) is 13.0 Å². The fourth-order valence-electron chi connectivity index (χ4n) is 3.63. The Bertz CT molecular complexity index is 1120. The molecule has 1 saturated heterocycles. The van der Waals surface area contributed by atoms with E-state index in [0.29, 0.717) is 42.5 Å². The van der Waals surface area contributed by atoms with Crippen LogP contribution in [0.15, 0.2) is 48.9 Å². The van der Waals surface area contributed by atoms with Crippen LogP contribution in [0.5, 0.6) is 0 Å². The third-order valence-corrected chi connectivity index (χ3v) is 5.75. The Balaban J connectivity index is 1.34. The van der Waals surface area contributed by atoms with Crippen LogP contribution in [-0.2, 0) is 4.79 Å². The highest BCUT2D eigenvalue weighted by Crippen LogP contribution is 2.29. The number of hydrogen-bond donors (Lipinski definition) is 3. The summed E-state index contributed by atoms with van der Waals surface area (Å²) in [6.07, 6.45) is 6.96. The highest BCUT2D eigenvalue weighted by molar-refractivity contribution is 5.82. The highest BCUT2D eigenvalue weighted by Gasteiger charge is 2.36. The minimum Gasteiger partial charge on any atom is -0.355 e. The quantitative estimate of drug-likeness (QED) is 0.483. The van der Waals surface area contributed by atoms with Crippen LogP contribution in [-0.4, -0.2) is 45.0 Å². The lowest BCUT2D eigenvalue weighted by Crippen LogP contribution is -2.54. The van der Waals surface area contributed by atoms with Crippen molar-refractivity contribution in [1.82, 2.24) is 25.3 Å². The number of carbonyl (C=O) groups excluding carboxylic acids is 1. The van der Waals surface area contributed by atoms with E-state index in [1.165, 1.54) is 12.1 Å². The van der Waals surface area contributed by atoms with Crippen LogP contribution < -0.4 is 20.9 Å². The first kappa shape index (κ1) is 21.0. The van der Waals surface area contributed by atoms with E-state index < -0.39 is 0 Å². The minimum absolute atomic E-state index is 0.0356. The largest absolute Gasteiger partial charge is 0.355 e. The first-order valence-corrected chi connectivity index (χ1v) is 11.0. The second kappa shape index (κ2) is 8.97. The fraction of sp³-hybridized carbons (Fsp3) is 0.348. The molecule has 2 aliphatic rings. The fourth-order valence-corrected chi connectivity index (χ4v) is 3.63. The summed E-state index contributed by atoms with van der Waals surface area (Å²) in [4.78, 5) is 31.9. The number of nitrogens with zero attached hydrogens (tertiary/aromatic N) is 5. The van der Waals surface area contributed by atoms with Crippen LogP contribution in [0, 0.1) is 11.7 Å². The zero-order valence-corrected chi connectivity index (χ0v) is 18.2. The molecular weight excluding hydrogens is 423 g/mol. The van der Waals surface area contributed by atoms with Crippen LogP contribution in [0.3, 0.4) is 0 Å². The van der Waals surface area contributed by atoms with E-state index in [9.17, 15) is 9.18 Å². The van der Waals surface area contributed by atoms with E-state index in [1.54, 1.807) is 30.7 Å². The van der Waals surface area contributed by atoms with Crippen molar-refractivity contribution < 1.29 is 9.18 Å². The lowest BCUT2D eigenvalue weighted by atomic mass is 9.99. The van der Waals surface area contributed by atoms with Crippen molar-refractivity contribution in [3.05, 3.63) is 60.3 Å². The molecule has 3 aromatic rings. The Kier molecular flexibility index (Phi) is 5.72. The number of aromatic nitrogens is 4. The van der Waals surface area contributed by atoms with Crippen molar-refractivity contribution in [3.8, 4) is 0 Å². The molecule has 0 spiro atoms. The number of rotatable bonds is 8. The monoisotopic (exact) mass is 448 g/mol. The molecule has 1 aliphatic heterocycles. The number of halogens is 1. The molecule has 3 heterocycles. The summed E-state index contributed by atoms with van der Waals surface area (Å²) in [5, 5.41) is 9.51. The molecule has 170 valence electrons. The summed E-state index contributed by atoms with van der Waals surface area (Å²) in [5.41, 5.74) is 0.912. The molecule has 1 amide bonds. The smallest absolute Gasteiger partial charge is 0.227 e. The second-order valence-electron chi connectivity index (χ2n) is 8.45. The van der Waals surface area contributed by atoms with Crippen LogP contribution in [0.4, 0.5) is 27.8 Å². The topological polar surface area (TPSA) is 108 Å². The third-order valence-electron chi connectivity index (χ3n) is 5.75. The van der Waals surface area contributed by atoms with E-state index in [0.717, 1.165) is 18.4 Å². The van der Waals surface area contributed by atoms with Gasteiger partial charge in [0.1, 0.15) is 23.3 Å². The van der Waals surface area contributed by atoms with E-state index in [2.05, 4.69) is 40.8 Å². The maximum atomic E-state index is 13.3. The number of benzene rings is 1.